The monoisotopic (exact) mass is 332 g/mol. The van der Waals surface area contributed by atoms with Crippen LogP contribution in [0.4, 0.5) is 5.69 Å². The maximum atomic E-state index is 11.9. The second-order valence-electron chi connectivity index (χ2n) is 4.21. The van der Waals surface area contributed by atoms with E-state index in [1.165, 1.54) is 19.2 Å². The molecule has 0 aliphatic carbocycles. The minimum atomic E-state index is -1.16. The lowest BCUT2D eigenvalue weighted by atomic mass is 10.1. The van der Waals surface area contributed by atoms with Gasteiger partial charge >= 0.3 is 5.97 Å². The summed E-state index contributed by atoms with van der Waals surface area (Å²) in [5.41, 5.74) is 5.95. The van der Waals surface area contributed by atoms with E-state index in [2.05, 4.69) is 5.32 Å². The number of rotatable bonds is 7. The Labute approximate surface area is 132 Å². The summed E-state index contributed by atoms with van der Waals surface area (Å²) in [7, 11) is 1.34. The summed E-state index contributed by atoms with van der Waals surface area (Å²) in [4.78, 5) is 23.0. The van der Waals surface area contributed by atoms with Crippen molar-refractivity contribution in [2.75, 3.05) is 24.4 Å². The molecular weight excluding hydrogens is 316 g/mol. The Morgan fingerprint density at radius 2 is 2.19 bits per heavy atom. The molecular formula is C13H17ClN2O4S. The van der Waals surface area contributed by atoms with E-state index in [0.29, 0.717) is 6.42 Å². The molecule has 0 heterocycles. The average Bonchev–Trinajstić information content (AvgIpc) is 2.45. The Kier molecular flexibility index (Phi) is 6.80. The number of amides is 1. The number of ether oxygens (including phenoxy) is 1. The molecule has 1 rings (SSSR count). The summed E-state index contributed by atoms with van der Waals surface area (Å²) in [5, 5.41) is 11.7. The summed E-state index contributed by atoms with van der Waals surface area (Å²) >= 11 is 7.57. The first-order chi connectivity index (χ1) is 9.90. The molecule has 0 saturated carbocycles. The van der Waals surface area contributed by atoms with Crippen LogP contribution in [-0.4, -0.2) is 42.1 Å². The lowest BCUT2D eigenvalue weighted by molar-refractivity contribution is -0.117. The molecule has 1 aromatic carbocycles. The van der Waals surface area contributed by atoms with Gasteiger partial charge in [-0.05, 0) is 24.5 Å². The van der Waals surface area contributed by atoms with Crippen molar-refractivity contribution >= 4 is 40.9 Å². The maximum absolute atomic E-state index is 11.9. The molecule has 0 aliphatic heterocycles. The molecule has 0 aromatic heterocycles. The van der Waals surface area contributed by atoms with Gasteiger partial charge in [0.25, 0.3) is 0 Å². The molecule has 1 amide bonds. The number of carboxylic acids is 1. The summed E-state index contributed by atoms with van der Waals surface area (Å²) in [5.74, 6) is -0.664. The molecule has 0 spiro atoms. The van der Waals surface area contributed by atoms with Crippen LogP contribution < -0.4 is 15.8 Å². The van der Waals surface area contributed by atoms with Gasteiger partial charge in [-0.25, -0.2) is 4.79 Å². The molecule has 116 valence electrons. The van der Waals surface area contributed by atoms with Crippen LogP contribution in [0.3, 0.4) is 0 Å². The Morgan fingerprint density at radius 3 is 2.71 bits per heavy atom. The van der Waals surface area contributed by atoms with Crippen LogP contribution in [0.5, 0.6) is 5.75 Å². The second kappa shape index (κ2) is 8.11. The van der Waals surface area contributed by atoms with Crippen LogP contribution in [0.15, 0.2) is 12.1 Å². The smallest absolute Gasteiger partial charge is 0.339 e. The van der Waals surface area contributed by atoms with Gasteiger partial charge in [0.15, 0.2) is 0 Å². The van der Waals surface area contributed by atoms with E-state index in [1.807, 2.05) is 6.26 Å². The molecule has 8 heteroatoms. The van der Waals surface area contributed by atoms with Crippen molar-refractivity contribution in [3.05, 3.63) is 22.7 Å². The largest absolute Gasteiger partial charge is 0.496 e. The highest BCUT2D eigenvalue weighted by Crippen LogP contribution is 2.31. The fourth-order valence-corrected chi connectivity index (χ4v) is 2.29. The Hall–Kier alpha value is -1.44. The molecule has 0 fully saturated rings. The zero-order chi connectivity index (χ0) is 16.0. The highest BCUT2D eigenvalue weighted by Gasteiger charge is 2.18. The molecule has 0 bridgehead atoms. The zero-order valence-electron chi connectivity index (χ0n) is 11.7. The van der Waals surface area contributed by atoms with Crippen LogP contribution in [0.2, 0.25) is 5.02 Å². The number of benzene rings is 1. The van der Waals surface area contributed by atoms with Gasteiger partial charge < -0.3 is 20.9 Å². The van der Waals surface area contributed by atoms with Crippen LogP contribution in [0.1, 0.15) is 16.8 Å². The number of hydrogen-bond acceptors (Lipinski definition) is 5. The van der Waals surface area contributed by atoms with Gasteiger partial charge in [0.05, 0.1) is 23.9 Å². The fourth-order valence-electron chi connectivity index (χ4n) is 1.59. The van der Waals surface area contributed by atoms with E-state index in [-0.39, 0.29) is 27.9 Å². The minimum Gasteiger partial charge on any atom is -0.496 e. The van der Waals surface area contributed by atoms with Crippen molar-refractivity contribution in [1.29, 1.82) is 0 Å². The molecule has 1 aromatic rings. The van der Waals surface area contributed by atoms with Gasteiger partial charge in [-0.15, -0.1) is 0 Å². The number of thioether (sulfide) groups is 1. The fraction of sp³-hybridized carbons (Fsp3) is 0.385. The van der Waals surface area contributed by atoms with Gasteiger partial charge in [-0.1, -0.05) is 11.6 Å². The van der Waals surface area contributed by atoms with E-state index in [4.69, 9.17) is 27.2 Å². The number of carboxylic acid groups (broad SMARTS) is 1. The topological polar surface area (TPSA) is 102 Å². The van der Waals surface area contributed by atoms with Crippen molar-refractivity contribution in [2.24, 2.45) is 5.73 Å². The molecule has 6 nitrogen and oxygen atoms in total. The van der Waals surface area contributed by atoms with E-state index in [1.54, 1.807) is 11.8 Å². The van der Waals surface area contributed by atoms with Crippen LogP contribution in [-0.2, 0) is 4.79 Å². The van der Waals surface area contributed by atoms with E-state index in [0.717, 1.165) is 5.75 Å². The zero-order valence-corrected chi connectivity index (χ0v) is 13.3. The van der Waals surface area contributed by atoms with Crippen molar-refractivity contribution in [3.63, 3.8) is 0 Å². The highest BCUT2D eigenvalue weighted by molar-refractivity contribution is 7.98. The first kappa shape index (κ1) is 17.6. The van der Waals surface area contributed by atoms with E-state index < -0.39 is 12.0 Å². The lowest BCUT2D eigenvalue weighted by Crippen LogP contribution is -2.36. The molecule has 21 heavy (non-hydrogen) atoms. The maximum Gasteiger partial charge on any atom is 0.339 e. The second-order valence-corrected chi connectivity index (χ2v) is 5.61. The third-order valence-corrected chi connectivity index (χ3v) is 3.70. The van der Waals surface area contributed by atoms with Crippen LogP contribution in [0, 0.1) is 0 Å². The van der Waals surface area contributed by atoms with Crippen molar-refractivity contribution < 1.29 is 19.4 Å². The number of carbonyl (C=O) groups is 2. The van der Waals surface area contributed by atoms with Crippen LogP contribution >= 0.6 is 23.4 Å². The lowest BCUT2D eigenvalue weighted by Gasteiger charge is -2.14. The van der Waals surface area contributed by atoms with Crippen molar-refractivity contribution in [3.8, 4) is 5.75 Å². The number of hydrogen-bond donors (Lipinski definition) is 3. The normalized spacial score (nSPS) is 11.8. The molecule has 0 saturated heterocycles. The first-order valence-corrected chi connectivity index (χ1v) is 7.84. The van der Waals surface area contributed by atoms with Crippen molar-refractivity contribution in [2.45, 2.75) is 12.5 Å². The Bertz CT molecular complexity index is 539. The van der Waals surface area contributed by atoms with Gasteiger partial charge in [0.1, 0.15) is 11.3 Å². The van der Waals surface area contributed by atoms with Gasteiger partial charge in [-0.2, -0.15) is 11.8 Å². The number of aromatic carboxylic acids is 1. The van der Waals surface area contributed by atoms with Gasteiger partial charge in [0.2, 0.25) is 5.91 Å². The Balaban J connectivity index is 2.93. The number of methoxy groups -OCH3 is 1. The quantitative estimate of drug-likeness (QED) is 0.706. The SMILES string of the molecule is COc1cc(NC(=O)[C@@H](N)CCSC)c(Cl)cc1C(=O)O. The van der Waals surface area contributed by atoms with Crippen molar-refractivity contribution in [1.82, 2.24) is 0 Å². The third-order valence-electron chi connectivity index (χ3n) is 2.75. The molecule has 1 atom stereocenters. The highest BCUT2D eigenvalue weighted by atomic mass is 35.5. The number of carbonyl (C=O) groups excluding carboxylic acids is 1. The number of nitrogens with two attached hydrogens (primary N) is 1. The summed E-state index contributed by atoms with van der Waals surface area (Å²) in [6, 6.07) is 1.94. The minimum absolute atomic E-state index is 0.0767. The van der Waals surface area contributed by atoms with Gasteiger partial charge in [-0.3, -0.25) is 4.79 Å². The molecule has 0 radical (unpaired) electrons. The summed E-state index contributed by atoms with van der Waals surface area (Å²) in [6.07, 6.45) is 2.46. The van der Waals surface area contributed by atoms with Crippen LogP contribution in [0.25, 0.3) is 0 Å². The number of anilines is 1. The predicted molar refractivity (Wildman–Crippen MR) is 84.6 cm³/mol. The molecule has 0 aliphatic rings. The molecule has 4 N–H and O–H groups in total. The number of halogens is 1. The number of nitrogens with one attached hydrogen (secondary N) is 1. The standard InChI is InChI=1S/C13H17ClN2O4S/c1-20-11-6-10(8(14)5-7(11)13(18)19)16-12(17)9(15)3-4-21-2/h5-6,9H,3-4,15H2,1-2H3,(H,16,17)(H,18,19)/t9-/m0/s1. The third kappa shape index (κ3) is 4.80. The summed E-state index contributed by atoms with van der Waals surface area (Å²) < 4.78 is 4.98. The first-order valence-electron chi connectivity index (χ1n) is 6.07. The average molecular weight is 333 g/mol. The predicted octanol–water partition coefficient (Wildman–Crippen LogP) is 2.07. The summed E-state index contributed by atoms with van der Waals surface area (Å²) in [6.45, 7) is 0. The Morgan fingerprint density at radius 1 is 1.52 bits per heavy atom. The van der Waals surface area contributed by atoms with Gasteiger partial charge in [0, 0.05) is 6.07 Å². The van der Waals surface area contributed by atoms with E-state index >= 15 is 0 Å². The molecule has 0 unspecified atom stereocenters. The van der Waals surface area contributed by atoms with E-state index in [9.17, 15) is 9.59 Å².